The first kappa shape index (κ1) is 15.5. The van der Waals surface area contributed by atoms with Crippen molar-refractivity contribution in [3.63, 3.8) is 0 Å². The molecule has 1 aliphatic heterocycles. The second kappa shape index (κ2) is 5.51. The minimum Gasteiger partial charge on any atom is -0.342 e. The Bertz CT molecular complexity index is 560. The highest BCUT2D eigenvalue weighted by molar-refractivity contribution is 5.97. The fraction of sp³-hybridized carbons (Fsp3) is 0.529. The first-order valence-electron chi connectivity index (χ1n) is 7.37. The number of hydrogen-bond acceptors (Lipinski definition) is 2. The SMILES string of the molecule is Cc1ccccc1CN1C(=O)C(C(C)(C)C)NC(=O)C1C. The zero-order chi connectivity index (χ0) is 15.8. The molecular formula is C17H24N2O2. The Morgan fingerprint density at radius 3 is 2.38 bits per heavy atom. The molecule has 1 fully saturated rings. The third kappa shape index (κ3) is 3.09. The number of piperazine rings is 1. The number of nitrogens with one attached hydrogen (secondary N) is 1. The molecule has 2 atom stereocenters. The lowest BCUT2D eigenvalue weighted by molar-refractivity contribution is -0.152. The topological polar surface area (TPSA) is 49.4 Å². The van der Waals surface area contributed by atoms with E-state index in [2.05, 4.69) is 5.32 Å². The molecule has 0 spiro atoms. The van der Waals surface area contributed by atoms with Gasteiger partial charge in [0.05, 0.1) is 0 Å². The Balaban J connectivity index is 2.30. The van der Waals surface area contributed by atoms with Gasteiger partial charge in [-0.05, 0) is 30.4 Å². The van der Waals surface area contributed by atoms with Crippen LogP contribution in [0.25, 0.3) is 0 Å². The fourth-order valence-corrected chi connectivity index (χ4v) is 2.60. The second-order valence-electron chi connectivity index (χ2n) is 6.88. The molecule has 2 amide bonds. The van der Waals surface area contributed by atoms with Gasteiger partial charge in [-0.1, -0.05) is 45.0 Å². The van der Waals surface area contributed by atoms with Gasteiger partial charge < -0.3 is 10.2 Å². The number of nitrogens with zero attached hydrogens (tertiary/aromatic N) is 1. The predicted octanol–water partition coefficient (Wildman–Crippen LogP) is 2.26. The molecule has 1 aromatic rings. The van der Waals surface area contributed by atoms with Gasteiger partial charge in [-0.15, -0.1) is 0 Å². The highest BCUT2D eigenvalue weighted by Gasteiger charge is 2.43. The van der Waals surface area contributed by atoms with Crippen LogP contribution in [-0.2, 0) is 16.1 Å². The second-order valence-corrected chi connectivity index (χ2v) is 6.88. The number of amides is 2. The van der Waals surface area contributed by atoms with Gasteiger partial charge >= 0.3 is 0 Å². The van der Waals surface area contributed by atoms with Crippen molar-refractivity contribution in [2.45, 2.75) is 53.2 Å². The molecule has 4 nitrogen and oxygen atoms in total. The lowest BCUT2D eigenvalue weighted by Crippen LogP contribution is -2.65. The molecule has 0 aliphatic carbocycles. The molecule has 1 aliphatic rings. The molecule has 0 aromatic heterocycles. The van der Waals surface area contributed by atoms with E-state index in [0.717, 1.165) is 11.1 Å². The maximum absolute atomic E-state index is 12.8. The van der Waals surface area contributed by atoms with Crippen LogP contribution >= 0.6 is 0 Å². The quantitative estimate of drug-likeness (QED) is 0.907. The molecule has 1 saturated heterocycles. The molecule has 2 unspecified atom stereocenters. The summed E-state index contributed by atoms with van der Waals surface area (Å²) in [4.78, 5) is 26.6. The first-order chi connectivity index (χ1) is 9.71. The van der Waals surface area contributed by atoms with Crippen LogP contribution in [0.5, 0.6) is 0 Å². The molecule has 21 heavy (non-hydrogen) atoms. The van der Waals surface area contributed by atoms with Gasteiger partial charge in [-0.25, -0.2) is 0 Å². The summed E-state index contributed by atoms with van der Waals surface area (Å²) in [7, 11) is 0. The Labute approximate surface area is 126 Å². The van der Waals surface area contributed by atoms with Crippen LogP contribution in [0.2, 0.25) is 0 Å². The Hall–Kier alpha value is -1.84. The Morgan fingerprint density at radius 2 is 1.81 bits per heavy atom. The van der Waals surface area contributed by atoms with E-state index in [9.17, 15) is 9.59 Å². The highest BCUT2D eigenvalue weighted by atomic mass is 16.2. The van der Waals surface area contributed by atoms with Crippen molar-refractivity contribution < 1.29 is 9.59 Å². The van der Waals surface area contributed by atoms with Crippen LogP contribution in [0.1, 0.15) is 38.8 Å². The first-order valence-corrected chi connectivity index (χ1v) is 7.37. The Kier molecular flexibility index (Phi) is 4.08. The summed E-state index contributed by atoms with van der Waals surface area (Å²) in [5, 5.41) is 2.86. The summed E-state index contributed by atoms with van der Waals surface area (Å²) < 4.78 is 0. The molecule has 0 radical (unpaired) electrons. The summed E-state index contributed by atoms with van der Waals surface area (Å²) >= 11 is 0. The number of aryl methyl sites for hydroxylation is 1. The van der Waals surface area contributed by atoms with Gasteiger partial charge in [0.15, 0.2) is 0 Å². The van der Waals surface area contributed by atoms with E-state index in [0.29, 0.717) is 6.54 Å². The molecular weight excluding hydrogens is 264 g/mol. The van der Waals surface area contributed by atoms with Crippen molar-refractivity contribution in [1.82, 2.24) is 10.2 Å². The van der Waals surface area contributed by atoms with E-state index < -0.39 is 12.1 Å². The van der Waals surface area contributed by atoms with E-state index in [1.807, 2.05) is 52.0 Å². The minimum absolute atomic E-state index is 0.00199. The molecule has 114 valence electrons. The molecule has 1 N–H and O–H groups in total. The summed E-state index contributed by atoms with van der Waals surface area (Å²) in [6.07, 6.45) is 0. The van der Waals surface area contributed by atoms with Gasteiger partial charge in [0, 0.05) is 6.54 Å². The van der Waals surface area contributed by atoms with Gasteiger partial charge in [0.2, 0.25) is 11.8 Å². The third-order valence-electron chi connectivity index (χ3n) is 4.13. The van der Waals surface area contributed by atoms with Crippen LogP contribution in [0.3, 0.4) is 0 Å². The Morgan fingerprint density at radius 1 is 1.19 bits per heavy atom. The van der Waals surface area contributed by atoms with Gasteiger partial charge in [-0.2, -0.15) is 0 Å². The van der Waals surface area contributed by atoms with Gasteiger partial charge in [0.1, 0.15) is 12.1 Å². The molecule has 1 heterocycles. The number of carbonyl (C=O) groups excluding carboxylic acids is 2. The average Bonchev–Trinajstić information content (AvgIpc) is 2.39. The van der Waals surface area contributed by atoms with Crippen LogP contribution < -0.4 is 5.32 Å². The zero-order valence-electron chi connectivity index (χ0n) is 13.4. The third-order valence-corrected chi connectivity index (χ3v) is 4.13. The largest absolute Gasteiger partial charge is 0.342 e. The van der Waals surface area contributed by atoms with Gasteiger partial charge in [0.25, 0.3) is 0 Å². The maximum atomic E-state index is 12.8. The number of rotatable bonds is 2. The van der Waals surface area contributed by atoms with E-state index >= 15 is 0 Å². The van der Waals surface area contributed by atoms with Crippen molar-refractivity contribution in [1.29, 1.82) is 0 Å². The highest BCUT2D eigenvalue weighted by Crippen LogP contribution is 2.26. The van der Waals surface area contributed by atoms with Crippen molar-refractivity contribution in [2.24, 2.45) is 5.41 Å². The summed E-state index contributed by atoms with van der Waals surface area (Å²) in [5.74, 6) is -0.0824. The minimum atomic E-state index is -0.467. The van der Waals surface area contributed by atoms with Crippen molar-refractivity contribution >= 4 is 11.8 Å². The van der Waals surface area contributed by atoms with Crippen molar-refractivity contribution in [2.75, 3.05) is 0 Å². The number of carbonyl (C=O) groups is 2. The zero-order valence-corrected chi connectivity index (χ0v) is 13.4. The van der Waals surface area contributed by atoms with Crippen LogP contribution in [0, 0.1) is 12.3 Å². The fourth-order valence-electron chi connectivity index (χ4n) is 2.60. The van der Waals surface area contributed by atoms with E-state index in [1.165, 1.54) is 0 Å². The van der Waals surface area contributed by atoms with Crippen LogP contribution in [0.4, 0.5) is 0 Å². The molecule has 0 saturated carbocycles. The van der Waals surface area contributed by atoms with Crippen molar-refractivity contribution in [3.8, 4) is 0 Å². The van der Waals surface area contributed by atoms with E-state index in [-0.39, 0.29) is 17.2 Å². The molecule has 0 bridgehead atoms. The molecule has 1 aromatic carbocycles. The smallest absolute Gasteiger partial charge is 0.246 e. The number of benzene rings is 1. The van der Waals surface area contributed by atoms with Gasteiger partial charge in [-0.3, -0.25) is 9.59 Å². The summed E-state index contributed by atoms with van der Waals surface area (Å²) in [6.45, 7) is 10.2. The van der Waals surface area contributed by atoms with Crippen LogP contribution in [-0.4, -0.2) is 28.8 Å². The monoisotopic (exact) mass is 288 g/mol. The van der Waals surface area contributed by atoms with Crippen molar-refractivity contribution in [3.05, 3.63) is 35.4 Å². The summed E-state index contributed by atoms with van der Waals surface area (Å²) in [6, 6.07) is 7.07. The lowest BCUT2D eigenvalue weighted by Gasteiger charge is -2.42. The van der Waals surface area contributed by atoms with E-state index in [4.69, 9.17) is 0 Å². The predicted molar refractivity (Wildman–Crippen MR) is 82.6 cm³/mol. The van der Waals surface area contributed by atoms with E-state index in [1.54, 1.807) is 11.8 Å². The number of hydrogen-bond donors (Lipinski definition) is 1. The summed E-state index contributed by atoms with van der Waals surface area (Å²) in [5.41, 5.74) is 1.92. The normalized spacial score (nSPS) is 23.2. The molecule has 4 heteroatoms. The molecule has 2 rings (SSSR count). The lowest BCUT2D eigenvalue weighted by atomic mass is 9.84. The standard InChI is InChI=1S/C17H24N2O2/c1-11-8-6-7-9-13(11)10-19-12(2)15(20)18-14(16(19)21)17(3,4)5/h6-9,12,14H,10H2,1-5H3,(H,18,20). The average molecular weight is 288 g/mol. The maximum Gasteiger partial charge on any atom is 0.246 e. The van der Waals surface area contributed by atoms with Crippen LogP contribution in [0.15, 0.2) is 24.3 Å².